The summed E-state index contributed by atoms with van der Waals surface area (Å²) < 4.78 is 35.9. The number of fused-ring (bicyclic) bond motifs is 1. The predicted molar refractivity (Wildman–Crippen MR) is 158 cm³/mol. The van der Waals surface area contributed by atoms with Gasteiger partial charge in [0, 0.05) is 22.3 Å². The predicted octanol–water partition coefficient (Wildman–Crippen LogP) is 3.34. The molecule has 2 aromatic heterocycles. The van der Waals surface area contributed by atoms with Gasteiger partial charge in [-0.3, -0.25) is 23.2 Å². The number of aromatic nitrogens is 3. The van der Waals surface area contributed by atoms with Crippen LogP contribution in [0.4, 0.5) is 5.82 Å². The third kappa shape index (κ3) is 10.5. The molecule has 3 atom stereocenters. The Morgan fingerprint density at radius 1 is 1.05 bits per heavy atom. The van der Waals surface area contributed by atoms with Crippen LogP contribution in [0.25, 0.3) is 5.52 Å². The second kappa shape index (κ2) is 15.5. The number of hydrogen-bond acceptors (Lipinski definition) is 15. The van der Waals surface area contributed by atoms with E-state index in [1.807, 2.05) is 0 Å². The number of thioether (sulfide) groups is 2. The molecule has 42 heavy (non-hydrogen) atoms. The van der Waals surface area contributed by atoms with Crippen LogP contribution in [0.1, 0.15) is 53.3 Å². The molecular formula is C25H38N5O9PS2. The molecule has 0 aliphatic rings. The lowest BCUT2D eigenvalue weighted by Crippen LogP contribution is -2.37. The Hall–Kier alpha value is -2.22. The monoisotopic (exact) mass is 647 g/mol. The van der Waals surface area contributed by atoms with Crippen molar-refractivity contribution in [1.82, 2.24) is 14.6 Å². The first-order valence-electron chi connectivity index (χ1n) is 12.9. The Bertz CT molecular complexity index is 1270. The highest BCUT2D eigenvalue weighted by molar-refractivity contribution is 8.14. The Labute approximate surface area is 253 Å². The Kier molecular flexibility index (Phi) is 13.3. The number of nitrogen functional groups attached to an aromatic ring is 1. The third-order valence-corrected chi connectivity index (χ3v) is 9.43. The van der Waals surface area contributed by atoms with Crippen molar-refractivity contribution < 1.29 is 42.7 Å². The number of nitrogens with two attached hydrogens (primary N) is 1. The number of nitrogens with zero attached hydrogens (tertiary/aromatic N) is 4. The summed E-state index contributed by atoms with van der Waals surface area (Å²) >= 11 is 1.99. The number of rotatable bonds is 15. The Morgan fingerprint density at radius 2 is 1.60 bits per heavy atom. The van der Waals surface area contributed by atoms with Crippen molar-refractivity contribution in [2.24, 2.45) is 10.8 Å². The minimum atomic E-state index is -4.35. The molecule has 2 rings (SSSR count). The van der Waals surface area contributed by atoms with E-state index in [-0.39, 0.29) is 46.5 Å². The van der Waals surface area contributed by atoms with Crippen LogP contribution >= 0.6 is 31.3 Å². The molecule has 2 aromatic rings. The van der Waals surface area contributed by atoms with Gasteiger partial charge in [0.05, 0.1) is 25.5 Å². The first-order valence-corrected chi connectivity index (χ1v) is 16.3. The van der Waals surface area contributed by atoms with Gasteiger partial charge < -0.3 is 20.7 Å². The van der Waals surface area contributed by atoms with Crippen LogP contribution in [0.3, 0.4) is 0 Å². The molecule has 0 aliphatic heterocycles. The van der Waals surface area contributed by atoms with Gasteiger partial charge in [-0.2, -0.15) is 10.4 Å². The standard InChI is InChI=1S/C25H38N5O9PS2/c1-24(2,3)22(33)41-11-9-37-40(35,38-10-12-42-23(34)25(4,5)6)39-13-18(36-14-26)20(32)19(31)16-7-8-17-21(27)28-15-29-30(16)17/h7-8,15,18-20,31-32H,9-13H2,1-6H3,(H2,27,28,29)/t18-,19+,20-/m1/s1. The van der Waals surface area contributed by atoms with E-state index in [1.54, 1.807) is 41.5 Å². The van der Waals surface area contributed by atoms with Crippen molar-refractivity contribution in [1.29, 1.82) is 5.26 Å². The molecule has 0 saturated carbocycles. The Balaban J connectivity index is 2.12. The summed E-state index contributed by atoms with van der Waals surface area (Å²) in [5.74, 6) is 0.442. The number of hydrogen-bond donors (Lipinski definition) is 3. The molecule has 17 heteroatoms. The number of anilines is 1. The van der Waals surface area contributed by atoms with Gasteiger partial charge in [-0.1, -0.05) is 65.1 Å². The van der Waals surface area contributed by atoms with E-state index in [9.17, 15) is 24.4 Å². The molecule has 0 fully saturated rings. The normalized spacial score (nSPS) is 14.7. The maximum atomic E-state index is 13.5. The maximum Gasteiger partial charge on any atom is 0.474 e. The molecule has 0 spiro atoms. The van der Waals surface area contributed by atoms with E-state index in [1.165, 1.54) is 29.2 Å². The first-order chi connectivity index (χ1) is 19.5. The lowest BCUT2D eigenvalue weighted by Gasteiger charge is -2.26. The number of aliphatic hydroxyl groups excluding tert-OH is 2. The van der Waals surface area contributed by atoms with E-state index in [0.29, 0.717) is 5.52 Å². The van der Waals surface area contributed by atoms with Gasteiger partial charge in [0.2, 0.25) is 0 Å². The van der Waals surface area contributed by atoms with Gasteiger partial charge in [-0.25, -0.2) is 14.1 Å². The van der Waals surface area contributed by atoms with Crippen LogP contribution in [0, 0.1) is 22.3 Å². The molecule has 14 nitrogen and oxygen atoms in total. The Morgan fingerprint density at radius 3 is 2.10 bits per heavy atom. The quantitative estimate of drug-likeness (QED) is 0.144. The molecule has 2 heterocycles. The second-order valence-electron chi connectivity index (χ2n) is 11.1. The van der Waals surface area contributed by atoms with Gasteiger partial charge in [0.15, 0.2) is 22.2 Å². The average Bonchev–Trinajstić information content (AvgIpc) is 3.35. The van der Waals surface area contributed by atoms with E-state index in [0.717, 1.165) is 23.5 Å². The maximum absolute atomic E-state index is 13.5. The van der Waals surface area contributed by atoms with Crippen LogP contribution in [0.2, 0.25) is 0 Å². The van der Waals surface area contributed by atoms with Crippen LogP contribution in [-0.2, 0) is 32.5 Å². The lowest BCUT2D eigenvalue weighted by atomic mass is 9.99. The van der Waals surface area contributed by atoms with Crippen molar-refractivity contribution in [3.05, 3.63) is 24.2 Å². The summed E-state index contributed by atoms with van der Waals surface area (Å²) in [6, 6.07) is 3.00. The SMILES string of the molecule is CC(C)(C)C(=O)SCCOP(=O)(OCCSC(=O)C(C)(C)C)OC[C@@H](OC#N)[C@@H](O)[C@@H](O)c1ccc2c(N)ncnn12. The highest BCUT2D eigenvalue weighted by Crippen LogP contribution is 2.50. The summed E-state index contributed by atoms with van der Waals surface area (Å²) in [5.41, 5.74) is 5.15. The average molecular weight is 648 g/mol. The lowest BCUT2D eigenvalue weighted by molar-refractivity contribution is -0.118. The van der Waals surface area contributed by atoms with Gasteiger partial charge in [-0.15, -0.1) is 0 Å². The largest absolute Gasteiger partial charge is 0.474 e. The van der Waals surface area contributed by atoms with E-state index in [4.69, 9.17) is 29.3 Å². The van der Waals surface area contributed by atoms with E-state index >= 15 is 0 Å². The minimum absolute atomic E-state index is 0.0932. The molecule has 0 amide bonds. The zero-order chi connectivity index (χ0) is 31.7. The topological polar surface area (TPSA) is 209 Å². The summed E-state index contributed by atoms with van der Waals surface area (Å²) in [6.45, 7) is 9.54. The number of nitriles is 1. The molecule has 234 valence electrons. The van der Waals surface area contributed by atoms with Gasteiger partial charge in [0.25, 0.3) is 6.26 Å². The van der Waals surface area contributed by atoms with Crippen molar-refractivity contribution in [3.8, 4) is 6.26 Å². The zero-order valence-electron chi connectivity index (χ0n) is 24.4. The fraction of sp³-hybridized carbons (Fsp3) is 0.640. The van der Waals surface area contributed by atoms with Crippen molar-refractivity contribution in [2.45, 2.75) is 59.9 Å². The molecule has 4 N–H and O–H groups in total. The number of carbonyl (C=O) groups is 2. The third-order valence-electron chi connectivity index (χ3n) is 5.48. The molecule has 0 saturated heterocycles. The molecule has 0 unspecified atom stereocenters. The number of aliphatic hydroxyl groups is 2. The van der Waals surface area contributed by atoms with Gasteiger partial charge >= 0.3 is 7.82 Å². The summed E-state index contributed by atoms with van der Waals surface area (Å²) in [5, 5.41) is 34.7. The fourth-order valence-electron chi connectivity index (χ4n) is 3.12. The van der Waals surface area contributed by atoms with Crippen molar-refractivity contribution >= 4 is 52.9 Å². The summed E-state index contributed by atoms with van der Waals surface area (Å²) in [4.78, 5) is 28.3. The minimum Gasteiger partial charge on any atom is -0.419 e. The van der Waals surface area contributed by atoms with E-state index in [2.05, 4.69) is 10.1 Å². The van der Waals surface area contributed by atoms with Crippen molar-refractivity contribution in [3.63, 3.8) is 0 Å². The summed E-state index contributed by atoms with van der Waals surface area (Å²) in [6.07, 6.45) is -2.30. The van der Waals surface area contributed by atoms with Gasteiger partial charge in [-0.05, 0) is 12.1 Å². The number of phosphoric acid groups is 1. The number of phosphoric ester groups is 1. The van der Waals surface area contributed by atoms with E-state index < -0.39 is 43.6 Å². The highest BCUT2D eigenvalue weighted by atomic mass is 32.2. The fourth-order valence-corrected chi connectivity index (χ4v) is 6.12. The zero-order valence-corrected chi connectivity index (χ0v) is 26.9. The molecule has 0 aromatic carbocycles. The van der Waals surface area contributed by atoms with Crippen LogP contribution in [-0.4, -0.2) is 78.6 Å². The van der Waals surface area contributed by atoms with Crippen LogP contribution in [0.15, 0.2) is 18.5 Å². The molecular weight excluding hydrogens is 609 g/mol. The number of carbonyl (C=O) groups excluding carboxylic acids is 2. The number of ether oxygens (including phenoxy) is 1. The van der Waals surface area contributed by atoms with Crippen molar-refractivity contribution in [2.75, 3.05) is 37.1 Å². The smallest absolute Gasteiger partial charge is 0.419 e. The molecule has 0 radical (unpaired) electrons. The molecule has 0 aliphatic carbocycles. The van der Waals surface area contributed by atoms with Crippen LogP contribution < -0.4 is 5.73 Å². The van der Waals surface area contributed by atoms with Gasteiger partial charge in [0.1, 0.15) is 24.1 Å². The second-order valence-corrected chi connectivity index (χ2v) is 14.9. The van der Waals surface area contributed by atoms with Crippen LogP contribution in [0.5, 0.6) is 0 Å². The highest BCUT2D eigenvalue weighted by Gasteiger charge is 2.36. The summed E-state index contributed by atoms with van der Waals surface area (Å²) in [7, 11) is -4.35. The first kappa shape index (κ1) is 36.0. The molecule has 0 bridgehead atoms.